The van der Waals surface area contributed by atoms with Crippen LogP contribution in [0.3, 0.4) is 0 Å². The zero-order chi connectivity index (χ0) is 19.0. The van der Waals surface area contributed by atoms with Crippen LogP contribution in [0.2, 0.25) is 0 Å². The first-order valence-corrected chi connectivity index (χ1v) is 8.37. The van der Waals surface area contributed by atoms with Crippen molar-refractivity contribution in [3.8, 4) is 5.75 Å². The highest BCUT2D eigenvalue weighted by atomic mass is 19.1. The molecule has 7 heteroatoms. The number of carbonyl (C=O) groups excluding carboxylic acids is 1. The van der Waals surface area contributed by atoms with Crippen molar-refractivity contribution in [1.82, 2.24) is 4.98 Å². The summed E-state index contributed by atoms with van der Waals surface area (Å²) in [6.45, 7) is 0.0601. The summed E-state index contributed by atoms with van der Waals surface area (Å²) in [5.41, 5.74) is -1.06. The van der Waals surface area contributed by atoms with E-state index in [9.17, 15) is 13.6 Å². The Morgan fingerprint density at radius 2 is 2.07 bits per heavy atom. The van der Waals surface area contributed by atoms with Crippen molar-refractivity contribution in [2.75, 3.05) is 19.0 Å². The molecule has 2 heterocycles. The Morgan fingerprint density at radius 1 is 1.26 bits per heavy atom. The van der Waals surface area contributed by atoms with Crippen LogP contribution < -0.4 is 10.1 Å². The summed E-state index contributed by atoms with van der Waals surface area (Å²) in [7, 11) is 1.33. The number of rotatable bonds is 3. The molecule has 0 fully saturated rings. The minimum atomic E-state index is -1.58. The Morgan fingerprint density at radius 3 is 2.89 bits per heavy atom. The molecule has 1 aliphatic rings. The number of carbonyl (C=O) groups is 1. The van der Waals surface area contributed by atoms with Gasteiger partial charge in [0.2, 0.25) is 0 Å². The van der Waals surface area contributed by atoms with Crippen molar-refractivity contribution in [3.05, 3.63) is 66.0 Å². The van der Waals surface area contributed by atoms with E-state index in [1.54, 1.807) is 6.20 Å². The fourth-order valence-electron chi connectivity index (χ4n) is 3.42. The Kier molecular flexibility index (Phi) is 4.24. The van der Waals surface area contributed by atoms with Crippen LogP contribution in [0.5, 0.6) is 5.75 Å². The van der Waals surface area contributed by atoms with Crippen molar-refractivity contribution >= 4 is 22.4 Å². The molecule has 1 aliphatic heterocycles. The lowest BCUT2D eigenvalue weighted by atomic mass is 9.86. The third-order valence-electron chi connectivity index (χ3n) is 4.78. The van der Waals surface area contributed by atoms with Crippen LogP contribution in [-0.2, 0) is 15.1 Å². The Balaban J connectivity index is 1.79. The maximum absolute atomic E-state index is 14.1. The van der Waals surface area contributed by atoms with Crippen molar-refractivity contribution in [1.29, 1.82) is 0 Å². The van der Waals surface area contributed by atoms with E-state index in [4.69, 9.17) is 9.47 Å². The monoisotopic (exact) mass is 370 g/mol. The highest BCUT2D eigenvalue weighted by molar-refractivity contribution is 6.05. The number of benzene rings is 2. The zero-order valence-electron chi connectivity index (χ0n) is 14.5. The van der Waals surface area contributed by atoms with Crippen molar-refractivity contribution < 1.29 is 23.0 Å². The highest BCUT2D eigenvalue weighted by Gasteiger charge is 2.46. The molecule has 1 aromatic heterocycles. The molecule has 0 saturated heterocycles. The second kappa shape index (κ2) is 6.59. The van der Waals surface area contributed by atoms with Gasteiger partial charge in [0.1, 0.15) is 5.82 Å². The topological polar surface area (TPSA) is 60.5 Å². The van der Waals surface area contributed by atoms with Gasteiger partial charge in [0, 0.05) is 42.1 Å². The van der Waals surface area contributed by atoms with Crippen molar-refractivity contribution in [3.63, 3.8) is 0 Å². The first-order valence-electron chi connectivity index (χ1n) is 8.37. The molecule has 5 nitrogen and oxygen atoms in total. The highest BCUT2D eigenvalue weighted by Crippen LogP contribution is 2.42. The normalized spacial score (nSPS) is 18.6. The van der Waals surface area contributed by atoms with Gasteiger partial charge in [0.15, 0.2) is 17.2 Å². The van der Waals surface area contributed by atoms with Crippen LogP contribution in [0, 0.1) is 11.6 Å². The molecule has 3 aromatic rings. The molecule has 27 heavy (non-hydrogen) atoms. The lowest BCUT2D eigenvalue weighted by Crippen LogP contribution is -2.46. The number of anilines is 1. The molecule has 1 atom stereocenters. The number of pyridine rings is 1. The van der Waals surface area contributed by atoms with Crippen LogP contribution in [-0.4, -0.2) is 24.6 Å². The largest absolute Gasteiger partial charge is 0.490 e. The third kappa shape index (κ3) is 2.80. The summed E-state index contributed by atoms with van der Waals surface area (Å²) in [5, 5.41) is 4.45. The zero-order valence-corrected chi connectivity index (χ0v) is 14.5. The van der Waals surface area contributed by atoms with Gasteiger partial charge in [-0.25, -0.2) is 8.78 Å². The summed E-state index contributed by atoms with van der Waals surface area (Å²) in [5.74, 6) is -2.39. The van der Waals surface area contributed by atoms with E-state index in [-0.39, 0.29) is 24.3 Å². The molecule has 0 spiro atoms. The van der Waals surface area contributed by atoms with E-state index in [0.717, 1.165) is 22.9 Å². The third-order valence-corrected chi connectivity index (χ3v) is 4.78. The minimum Gasteiger partial charge on any atom is -0.490 e. The van der Waals surface area contributed by atoms with E-state index in [2.05, 4.69) is 10.3 Å². The number of hydrogen-bond donors (Lipinski definition) is 1. The molecule has 138 valence electrons. The quantitative estimate of drug-likeness (QED) is 0.762. The number of halogens is 2. The molecule has 2 aromatic carbocycles. The van der Waals surface area contributed by atoms with Gasteiger partial charge in [0.05, 0.1) is 18.5 Å². The second-order valence-corrected chi connectivity index (χ2v) is 6.26. The van der Waals surface area contributed by atoms with Crippen molar-refractivity contribution in [2.24, 2.45) is 0 Å². The standard InChI is InChI=1S/C20H16F2N2O3/c1-26-20(6-7-27-18-15(20)8-13(21)9-16(18)22)19(25)24-17-11-23-10-12-4-2-3-5-14(12)17/h2-5,8-11H,6-7H2,1H3,(H,24,25)/t20-/m1/s1. The maximum atomic E-state index is 14.1. The molecule has 0 radical (unpaired) electrons. The average molecular weight is 370 g/mol. The number of ether oxygens (including phenoxy) is 2. The minimum absolute atomic E-state index is 0.0273. The van der Waals surface area contributed by atoms with Crippen LogP contribution in [0.15, 0.2) is 48.8 Å². The SMILES string of the molecule is CO[C@]1(C(=O)Nc2cncc3ccccc23)CCOc2c(F)cc(F)cc21. The number of nitrogens with one attached hydrogen (secondary N) is 1. The van der Waals surface area contributed by atoms with Crippen LogP contribution in [0.25, 0.3) is 10.8 Å². The lowest BCUT2D eigenvalue weighted by Gasteiger charge is -2.36. The number of amides is 1. The summed E-state index contributed by atoms with van der Waals surface area (Å²) < 4.78 is 38.8. The molecule has 1 N–H and O–H groups in total. The van der Waals surface area contributed by atoms with Crippen LogP contribution in [0.1, 0.15) is 12.0 Å². The smallest absolute Gasteiger partial charge is 0.261 e. The summed E-state index contributed by atoms with van der Waals surface area (Å²) in [6, 6.07) is 9.23. The molecule has 0 saturated carbocycles. The summed E-state index contributed by atoms with van der Waals surface area (Å²) in [4.78, 5) is 17.3. The Labute approximate surface area is 153 Å². The maximum Gasteiger partial charge on any atom is 0.261 e. The van der Waals surface area contributed by atoms with E-state index in [1.807, 2.05) is 24.3 Å². The molecule has 4 rings (SSSR count). The fraction of sp³-hybridized carbons (Fsp3) is 0.200. The van der Waals surface area contributed by atoms with Crippen molar-refractivity contribution in [2.45, 2.75) is 12.0 Å². The molecule has 1 amide bonds. The number of aromatic nitrogens is 1. The predicted octanol–water partition coefficient (Wildman–Crippen LogP) is 3.78. The van der Waals surface area contributed by atoms with E-state index in [1.165, 1.54) is 13.3 Å². The van der Waals surface area contributed by atoms with Gasteiger partial charge in [-0.05, 0) is 6.07 Å². The summed E-state index contributed by atoms with van der Waals surface area (Å²) in [6.07, 6.45) is 3.32. The van der Waals surface area contributed by atoms with Gasteiger partial charge >= 0.3 is 0 Å². The number of fused-ring (bicyclic) bond motifs is 2. The Bertz CT molecular complexity index is 1040. The predicted molar refractivity (Wildman–Crippen MR) is 95.5 cm³/mol. The van der Waals surface area contributed by atoms with Gasteiger partial charge in [0.25, 0.3) is 5.91 Å². The number of nitrogens with zero attached hydrogens (tertiary/aromatic N) is 1. The second-order valence-electron chi connectivity index (χ2n) is 6.26. The summed E-state index contributed by atoms with van der Waals surface area (Å²) >= 11 is 0. The van der Waals surface area contributed by atoms with Crippen LogP contribution >= 0.6 is 0 Å². The van der Waals surface area contributed by atoms with Crippen LogP contribution in [0.4, 0.5) is 14.5 Å². The average Bonchev–Trinajstić information content (AvgIpc) is 2.68. The molecular weight excluding hydrogens is 354 g/mol. The first-order chi connectivity index (χ1) is 13.0. The van der Waals surface area contributed by atoms with Gasteiger partial charge < -0.3 is 14.8 Å². The van der Waals surface area contributed by atoms with Gasteiger partial charge in [-0.2, -0.15) is 0 Å². The molecular formula is C20H16F2N2O3. The first kappa shape index (κ1) is 17.4. The number of hydrogen-bond acceptors (Lipinski definition) is 4. The van der Waals surface area contributed by atoms with E-state index >= 15 is 0 Å². The van der Waals surface area contributed by atoms with Gasteiger partial charge in [-0.15, -0.1) is 0 Å². The van der Waals surface area contributed by atoms with E-state index < -0.39 is 23.1 Å². The fourth-order valence-corrected chi connectivity index (χ4v) is 3.42. The molecule has 0 aliphatic carbocycles. The van der Waals surface area contributed by atoms with Gasteiger partial charge in [-0.3, -0.25) is 9.78 Å². The van der Waals surface area contributed by atoms with E-state index in [0.29, 0.717) is 5.69 Å². The molecule has 0 bridgehead atoms. The van der Waals surface area contributed by atoms with Gasteiger partial charge in [-0.1, -0.05) is 24.3 Å². The Hall–Kier alpha value is -3.06. The number of methoxy groups -OCH3 is 1. The lowest BCUT2D eigenvalue weighted by molar-refractivity contribution is -0.142. The molecule has 0 unspecified atom stereocenters.